The van der Waals surface area contributed by atoms with Crippen LogP contribution in [0.3, 0.4) is 0 Å². The Kier molecular flexibility index (Phi) is 6.37. The van der Waals surface area contributed by atoms with Crippen molar-refractivity contribution in [2.45, 2.75) is 0 Å². The molecule has 140 valence electrons. The van der Waals surface area contributed by atoms with Crippen LogP contribution in [0, 0.1) is 0 Å². The third-order valence-electron chi connectivity index (χ3n) is 4.20. The van der Waals surface area contributed by atoms with Crippen molar-refractivity contribution >= 4 is 17.4 Å². The normalized spacial score (nSPS) is 10.1. The number of hydrogen-bond acceptors (Lipinski definition) is 3. The van der Waals surface area contributed by atoms with Gasteiger partial charge in [0.2, 0.25) is 0 Å². The number of benzene rings is 3. The number of anilines is 1. The summed E-state index contributed by atoms with van der Waals surface area (Å²) in [7, 11) is 0. The van der Waals surface area contributed by atoms with Crippen LogP contribution >= 0.6 is 0 Å². The van der Waals surface area contributed by atoms with Crippen molar-refractivity contribution in [3.05, 3.63) is 109 Å². The number of ether oxygens (including phenoxy) is 1. The maximum Gasteiger partial charge on any atom is 0.265 e. The molecule has 0 aromatic heterocycles. The third-order valence-corrected chi connectivity index (χ3v) is 4.20. The van der Waals surface area contributed by atoms with Crippen molar-refractivity contribution in [3.8, 4) is 5.75 Å². The number of carbonyl (C=O) groups excluding carboxylic acids is 2. The first-order chi connectivity index (χ1) is 13.7. The van der Waals surface area contributed by atoms with Crippen molar-refractivity contribution in [2.24, 2.45) is 0 Å². The average Bonchev–Trinajstić information content (AvgIpc) is 2.77. The number of amides is 1. The van der Waals surface area contributed by atoms with Crippen LogP contribution in [0.2, 0.25) is 0 Å². The summed E-state index contributed by atoms with van der Waals surface area (Å²) < 4.78 is 5.62. The topological polar surface area (TPSA) is 46.6 Å². The monoisotopic (exact) mass is 371 g/mol. The molecule has 0 unspecified atom stereocenters. The minimum atomic E-state index is -0.171. The number of ketones is 1. The predicted molar refractivity (Wildman–Crippen MR) is 111 cm³/mol. The molecule has 0 atom stereocenters. The fourth-order valence-electron chi connectivity index (χ4n) is 2.77. The molecule has 0 fully saturated rings. The molecule has 3 aromatic rings. The Morgan fingerprint density at radius 3 is 2.00 bits per heavy atom. The zero-order valence-electron chi connectivity index (χ0n) is 15.5. The van der Waals surface area contributed by atoms with Gasteiger partial charge >= 0.3 is 0 Å². The molecule has 0 saturated heterocycles. The van der Waals surface area contributed by atoms with Crippen LogP contribution in [-0.2, 0) is 4.79 Å². The van der Waals surface area contributed by atoms with Gasteiger partial charge in [0.05, 0.1) is 0 Å². The summed E-state index contributed by atoms with van der Waals surface area (Å²) in [5, 5.41) is 0. The molecule has 0 aliphatic heterocycles. The predicted octanol–water partition coefficient (Wildman–Crippen LogP) is 4.52. The quantitative estimate of drug-likeness (QED) is 0.432. The lowest BCUT2D eigenvalue weighted by Crippen LogP contribution is -2.35. The highest BCUT2D eigenvalue weighted by molar-refractivity contribution is 6.09. The van der Waals surface area contributed by atoms with Gasteiger partial charge in [-0.2, -0.15) is 0 Å². The molecule has 0 radical (unpaired) electrons. The zero-order chi connectivity index (χ0) is 19.8. The molecule has 3 aromatic carbocycles. The molecule has 0 aliphatic carbocycles. The first kappa shape index (κ1) is 19.1. The molecule has 4 nitrogen and oxygen atoms in total. The van der Waals surface area contributed by atoms with Crippen molar-refractivity contribution in [1.82, 2.24) is 0 Å². The number of nitrogens with zero attached hydrogens (tertiary/aromatic N) is 1. The molecule has 0 aliphatic rings. The maximum atomic E-state index is 12.6. The molecular formula is C24H21NO3. The number of hydrogen-bond donors (Lipinski definition) is 0. The number of rotatable bonds is 8. The van der Waals surface area contributed by atoms with Gasteiger partial charge in [-0.05, 0) is 36.4 Å². The van der Waals surface area contributed by atoms with E-state index in [0.29, 0.717) is 23.4 Å². The largest absolute Gasteiger partial charge is 0.484 e. The lowest BCUT2D eigenvalue weighted by molar-refractivity contribution is -0.120. The van der Waals surface area contributed by atoms with Gasteiger partial charge in [0, 0.05) is 23.4 Å². The fraction of sp³-hybridized carbons (Fsp3) is 0.0833. The number of carbonyl (C=O) groups is 2. The van der Waals surface area contributed by atoms with Crippen molar-refractivity contribution in [1.29, 1.82) is 0 Å². The van der Waals surface area contributed by atoms with Crippen LogP contribution in [0.15, 0.2) is 97.6 Å². The van der Waals surface area contributed by atoms with E-state index in [1.54, 1.807) is 47.4 Å². The smallest absolute Gasteiger partial charge is 0.265 e. The highest BCUT2D eigenvalue weighted by Gasteiger charge is 2.15. The van der Waals surface area contributed by atoms with Gasteiger partial charge in [0.25, 0.3) is 5.91 Å². The van der Waals surface area contributed by atoms with Gasteiger partial charge in [0.15, 0.2) is 12.4 Å². The summed E-state index contributed by atoms with van der Waals surface area (Å²) in [6.45, 7) is 4.01. The average molecular weight is 371 g/mol. The summed E-state index contributed by atoms with van der Waals surface area (Å²) in [4.78, 5) is 26.6. The van der Waals surface area contributed by atoms with Gasteiger partial charge in [0.1, 0.15) is 5.75 Å². The maximum absolute atomic E-state index is 12.6. The van der Waals surface area contributed by atoms with Crippen LogP contribution in [0.4, 0.5) is 5.69 Å². The third kappa shape index (κ3) is 4.74. The number of para-hydroxylation sites is 1. The summed E-state index contributed by atoms with van der Waals surface area (Å²) in [5.41, 5.74) is 2.00. The molecule has 0 bridgehead atoms. The molecule has 0 saturated carbocycles. The van der Waals surface area contributed by atoms with E-state index in [0.717, 1.165) is 5.69 Å². The second-order valence-corrected chi connectivity index (χ2v) is 6.14. The Morgan fingerprint density at radius 1 is 0.821 bits per heavy atom. The van der Waals surface area contributed by atoms with E-state index >= 15 is 0 Å². The fourth-order valence-corrected chi connectivity index (χ4v) is 2.77. The highest BCUT2D eigenvalue weighted by Crippen LogP contribution is 2.17. The Balaban J connectivity index is 1.63. The van der Waals surface area contributed by atoms with E-state index in [-0.39, 0.29) is 18.3 Å². The second kappa shape index (κ2) is 9.33. The minimum Gasteiger partial charge on any atom is -0.484 e. The Hall–Kier alpha value is -3.66. The molecule has 4 heteroatoms. The lowest BCUT2D eigenvalue weighted by Gasteiger charge is -2.21. The Morgan fingerprint density at radius 2 is 1.39 bits per heavy atom. The molecule has 28 heavy (non-hydrogen) atoms. The standard InChI is InChI=1S/C24H21NO3/c1-2-17-25(21-11-7-4-8-12-21)23(26)18-28-22-15-13-20(14-16-22)24(27)19-9-5-3-6-10-19/h2-16H,1,17-18H2. The summed E-state index contributed by atoms with van der Waals surface area (Å²) >= 11 is 0. The van der Waals surface area contributed by atoms with Crippen LogP contribution in [0.1, 0.15) is 15.9 Å². The van der Waals surface area contributed by atoms with E-state index < -0.39 is 0 Å². The van der Waals surface area contributed by atoms with E-state index in [2.05, 4.69) is 6.58 Å². The lowest BCUT2D eigenvalue weighted by atomic mass is 10.0. The first-order valence-corrected chi connectivity index (χ1v) is 8.98. The molecule has 3 rings (SSSR count). The van der Waals surface area contributed by atoms with E-state index in [4.69, 9.17) is 4.74 Å². The van der Waals surface area contributed by atoms with E-state index in [1.165, 1.54) is 0 Å². The van der Waals surface area contributed by atoms with E-state index in [9.17, 15) is 9.59 Å². The zero-order valence-corrected chi connectivity index (χ0v) is 15.5. The van der Waals surface area contributed by atoms with Gasteiger partial charge < -0.3 is 9.64 Å². The highest BCUT2D eigenvalue weighted by atomic mass is 16.5. The van der Waals surface area contributed by atoms with Gasteiger partial charge in [-0.15, -0.1) is 6.58 Å². The Bertz CT molecular complexity index is 935. The van der Waals surface area contributed by atoms with Crippen LogP contribution in [-0.4, -0.2) is 24.8 Å². The summed E-state index contributed by atoms with van der Waals surface area (Å²) in [5.74, 6) is 0.310. The van der Waals surface area contributed by atoms with Crippen molar-refractivity contribution < 1.29 is 14.3 Å². The van der Waals surface area contributed by atoms with Gasteiger partial charge in [-0.3, -0.25) is 9.59 Å². The van der Waals surface area contributed by atoms with Gasteiger partial charge in [-0.25, -0.2) is 0 Å². The SMILES string of the molecule is C=CCN(C(=O)COc1ccc(C(=O)c2ccccc2)cc1)c1ccccc1. The first-order valence-electron chi connectivity index (χ1n) is 8.98. The Labute approximate surface area is 164 Å². The molecular weight excluding hydrogens is 350 g/mol. The van der Waals surface area contributed by atoms with Crippen LogP contribution in [0.25, 0.3) is 0 Å². The summed E-state index contributed by atoms with van der Waals surface area (Å²) in [6.07, 6.45) is 1.68. The van der Waals surface area contributed by atoms with Crippen LogP contribution in [0.5, 0.6) is 5.75 Å². The van der Waals surface area contributed by atoms with Crippen molar-refractivity contribution in [3.63, 3.8) is 0 Å². The molecule has 0 heterocycles. The van der Waals surface area contributed by atoms with Crippen LogP contribution < -0.4 is 9.64 Å². The second-order valence-electron chi connectivity index (χ2n) is 6.14. The summed E-state index contributed by atoms with van der Waals surface area (Å²) in [6, 6.07) is 25.3. The van der Waals surface area contributed by atoms with Crippen molar-refractivity contribution in [2.75, 3.05) is 18.1 Å². The molecule has 1 amide bonds. The van der Waals surface area contributed by atoms with Gasteiger partial charge in [-0.1, -0.05) is 54.6 Å². The van der Waals surface area contributed by atoms with E-state index in [1.807, 2.05) is 48.5 Å². The molecule has 0 spiro atoms. The molecule has 0 N–H and O–H groups in total. The minimum absolute atomic E-state index is 0.0514.